The Balaban J connectivity index is 1.33. The number of anilines is 2. The van der Waals surface area contributed by atoms with Gasteiger partial charge in [-0.05, 0) is 12.8 Å². The van der Waals surface area contributed by atoms with Crippen molar-refractivity contribution in [3.63, 3.8) is 0 Å². The summed E-state index contributed by atoms with van der Waals surface area (Å²) < 4.78 is 5.45. The second-order valence-corrected chi connectivity index (χ2v) is 6.78. The maximum atomic E-state index is 11.5. The molecule has 25 heavy (non-hydrogen) atoms. The standard InChI is InChI=1S/C16H23N7O2/c17-16-19-13(9-14(24)20-16)23-7-5-22(6-8-23)10-12-18-15(25-21-12)11-3-1-2-4-11/h9,11H,1-8,10H2,(H3,17,19,20,24). The van der Waals surface area contributed by atoms with Gasteiger partial charge in [-0.2, -0.15) is 9.97 Å². The highest BCUT2D eigenvalue weighted by Gasteiger charge is 2.24. The van der Waals surface area contributed by atoms with Crippen molar-refractivity contribution in [1.29, 1.82) is 0 Å². The monoisotopic (exact) mass is 345 g/mol. The highest BCUT2D eigenvalue weighted by Crippen LogP contribution is 2.32. The summed E-state index contributed by atoms with van der Waals surface area (Å²) in [6, 6.07) is 1.49. The van der Waals surface area contributed by atoms with Crippen molar-refractivity contribution in [3.8, 4) is 0 Å². The van der Waals surface area contributed by atoms with Crippen LogP contribution in [0, 0.1) is 0 Å². The van der Waals surface area contributed by atoms with Gasteiger partial charge in [0.15, 0.2) is 5.82 Å². The fraction of sp³-hybridized carbons (Fsp3) is 0.625. The number of rotatable bonds is 4. The van der Waals surface area contributed by atoms with Gasteiger partial charge < -0.3 is 15.2 Å². The maximum absolute atomic E-state index is 11.5. The van der Waals surface area contributed by atoms with Crippen LogP contribution in [0.25, 0.3) is 0 Å². The van der Waals surface area contributed by atoms with E-state index in [1.807, 2.05) is 0 Å². The van der Waals surface area contributed by atoms with E-state index in [1.54, 1.807) is 0 Å². The van der Waals surface area contributed by atoms with Gasteiger partial charge in [-0.1, -0.05) is 18.0 Å². The summed E-state index contributed by atoms with van der Waals surface area (Å²) in [5.41, 5.74) is 5.39. The first-order chi connectivity index (χ1) is 12.2. The number of hydrogen-bond acceptors (Lipinski definition) is 8. The topological polar surface area (TPSA) is 117 Å². The molecule has 2 aromatic heterocycles. The van der Waals surface area contributed by atoms with Crippen molar-refractivity contribution in [2.75, 3.05) is 36.8 Å². The van der Waals surface area contributed by atoms with Crippen molar-refractivity contribution in [1.82, 2.24) is 25.0 Å². The minimum absolute atomic E-state index is 0.149. The predicted octanol–water partition coefficient (Wildman–Crippen LogP) is 0.715. The fourth-order valence-corrected chi connectivity index (χ4v) is 3.63. The Labute approximate surface area is 145 Å². The molecule has 3 heterocycles. The van der Waals surface area contributed by atoms with Crippen molar-refractivity contribution in [2.24, 2.45) is 0 Å². The van der Waals surface area contributed by atoms with Crippen LogP contribution in [0.1, 0.15) is 43.3 Å². The molecule has 0 unspecified atom stereocenters. The van der Waals surface area contributed by atoms with Crippen molar-refractivity contribution in [2.45, 2.75) is 38.1 Å². The number of H-pyrrole nitrogens is 1. The Hall–Kier alpha value is -2.42. The van der Waals surface area contributed by atoms with E-state index >= 15 is 0 Å². The third-order valence-corrected chi connectivity index (χ3v) is 5.00. The Morgan fingerprint density at radius 1 is 1.20 bits per heavy atom. The molecule has 134 valence electrons. The molecule has 9 nitrogen and oxygen atoms in total. The van der Waals surface area contributed by atoms with Gasteiger partial charge in [-0.3, -0.25) is 14.7 Å². The molecule has 0 bridgehead atoms. The van der Waals surface area contributed by atoms with Crippen LogP contribution in [0.4, 0.5) is 11.8 Å². The van der Waals surface area contributed by atoms with Crippen LogP contribution in [0.15, 0.2) is 15.4 Å². The lowest BCUT2D eigenvalue weighted by atomic mass is 10.1. The molecule has 1 aliphatic carbocycles. The zero-order valence-corrected chi connectivity index (χ0v) is 14.1. The van der Waals surface area contributed by atoms with Gasteiger partial charge in [0.1, 0.15) is 5.82 Å². The summed E-state index contributed by atoms with van der Waals surface area (Å²) >= 11 is 0. The predicted molar refractivity (Wildman–Crippen MR) is 92.3 cm³/mol. The van der Waals surface area contributed by atoms with Crippen LogP contribution in [0.2, 0.25) is 0 Å². The molecule has 1 saturated carbocycles. The SMILES string of the molecule is Nc1nc(N2CCN(Cc3noc(C4CCCC4)n3)CC2)cc(=O)[nH]1. The lowest BCUT2D eigenvalue weighted by Crippen LogP contribution is -2.46. The smallest absolute Gasteiger partial charge is 0.254 e. The van der Waals surface area contributed by atoms with Crippen LogP contribution in [0.3, 0.4) is 0 Å². The molecule has 2 aromatic rings. The van der Waals surface area contributed by atoms with E-state index in [0.717, 1.165) is 50.7 Å². The first kappa shape index (κ1) is 16.1. The summed E-state index contributed by atoms with van der Waals surface area (Å²) in [6.45, 7) is 3.95. The normalized spacial score (nSPS) is 19.6. The molecule has 1 saturated heterocycles. The number of nitrogens with two attached hydrogens (primary N) is 1. The molecule has 0 aromatic carbocycles. The third-order valence-electron chi connectivity index (χ3n) is 5.00. The van der Waals surface area contributed by atoms with E-state index in [9.17, 15) is 4.79 Å². The molecular formula is C16H23N7O2. The van der Waals surface area contributed by atoms with E-state index in [1.165, 1.54) is 18.9 Å². The molecular weight excluding hydrogens is 322 g/mol. The highest BCUT2D eigenvalue weighted by molar-refractivity contribution is 5.41. The van der Waals surface area contributed by atoms with Crippen molar-refractivity contribution < 1.29 is 4.52 Å². The highest BCUT2D eigenvalue weighted by atomic mass is 16.5. The fourth-order valence-electron chi connectivity index (χ4n) is 3.63. The van der Waals surface area contributed by atoms with Gasteiger partial charge >= 0.3 is 0 Å². The quantitative estimate of drug-likeness (QED) is 0.832. The zero-order chi connectivity index (χ0) is 17.2. The number of nitrogens with zero attached hydrogens (tertiary/aromatic N) is 5. The van der Waals surface area contributed by atoms with Crippen LogP contribution >= 0.6 is 0 Å². The first-order valence-electron chi connectivity index (χ1n) is 8.84. The minimum Gasteiger partial charge on any atom is -0.369 e. The first-order valence-corrected chi connectivity index (χ1v) is 8.84. The van der Waals surface area contributed by atoms with Crippen LogP contribution in [-0.2, 0) is 6.54 Å². The lowest BCUT2D eigenvalue weighted by Gasteiger charge is -2.34. The zero-order valence-electron chi connectivity index (χ0n) is 14.1. The number of nitrogen functional groups attached to an aromatic ring is 1. The van der Waals surface area contributed by atoms with Crippen molar-refractivity contribution >= 4 is 11.8 Å². The molecule has 3 N–H and O–H groups in total. The number of hydrogen-bond donors (Lipinski definition) is 2. The number of piperazine rings is 1. The molecule has 2 aliphatic rings. The largest absolute Gasteiger partial charge is 0.369 e. The van der Waals surface area contributed by atoms with E-state index in [0.29, 0.717) is 18.3 Å². The number of aromatic nitrogens is 4. The molecule has 0 atom stereocenters. The summed E-state index contributed by atoms with van der Waals surface area (Å²) in [7, 11) is 0. The molecule has 0 amide bonds. The van der Waals surface area contributed by atoms with Gasteiger partial charge in [0, 0.05) is 38.2 Å². The molecule has 4 rings (SSSR count). The second-order valence-electron chi connectivity index (χ2n) is 6.78. The maximum Gasteiger partial charge on any atom is 0.254 e. The number of aromatic amines is 1. The average molecular weight is 345 g/mol. The van der Waals surface area contributed by atoms with E-state index < -0.39 is 0 Å². The molecule has 1 aliphatic heterocycles. The Kier molecular flexibility index (Phi) is 4.39. The number of nitrogens with one attached hydrogen (secondary N) is 1. The van der Waals surface area contributed by atoms with Gasteiger partial charge in [-0.15, -0.1) is 0 Å². The Bertz CT molecular complexity index is 773. The average Bonchev–Trinajstić information content (AvgIpc) is 3.26. The van der Waals surface area contributed by atoms with Crippen LogP contribution in [-0.4, -0.2) is 51.2 Å². The second kappa shape index (κ2) is 6.83. The van der Waals surface area contributed by atoms with E-state index in [2.05, 4.69) is 29.9 Å². The van der Waals surface area contributed by atoms with Gasteiger partial charge in [0.2, 0.25) is 11.8 Å². The molecule has 0 radical (unpaired) electrons. The summed E-state index contributed by atoms with van der Waals surface area (Å²) in [5, 5.41) is 4.14. The molecule has 2 fully saturated rings. The summed E-state index contributed by atoms with van der Waals surface area (Å²) in [6.07, 6.45) is 4.83. The lowest BCUT2D eigenvalue weighted by molar-refractivity contribution is 0.239. The van der Waals surface area contributed by atoms with Crippen LogP contribution in [0.5, 0.6) is 0 Å². The third kappa shape index (κ3) is 3.65. The Morgan fingerprint density at radius 2 is 1.96 bits per heavy atom. The molecule has 9 heteroatoms. The van der Waals surface area contributed by atoms with Crippen molar-refractivity contribution in [3.05, 3.63) is 28.1 Å². The summed E-state index contributed by atoms with van der Waals surface area (Å²) in [4.78, 5) is 27.1. The minimum atomic E-state index is -0.226. The van der Waals surface area contributed by atoms with Gasteiger partial charge in [0.05, 0.1) is 6.54 Å². The van der Waals surface area contributed by atoms with E-state index in [4.69, 9.17) is 10.3 Å². The Morgan fingerprint density at radius 3 is 2.68 bits per heavy atom. The molecule has 0 spiro atoms. The van der Waals surface area contributed by atoms with E-state index in [-0.39, 0.29) is 11.5 Å². The van der Waals surface area contributed by atoms with Gasteiger partial charge in [0.25, 0.3) is 5.56 Å². The van der Waals surface area contributed by atoms with Gasteiger partial charge in [-0.25, -0.2) is 0 Å². The summed E-state index contributed by atoms with van der Waals surface area (Å²) in [5.74, 6) is 2.79. The van der Waals surface area contributed by atoms with Crippen LogP contribution < -0.4 is 16.2 Å².